The second-order valence-electron chi connectivity index (χ2n) is 5.00. The van der Waals surface area contributed by atoms with Crippen LogP contribution in [-0.4, -0.2) is 13.4 Å². The molecular weight excluding hydrogens is 286 g/mol. The maximum absolute atomic E-state index is 12.5. The first-order valence-corrected chi connectivity index (χ1v) is 8.08. The van der Waals surface area contributed by atoms with Gasteiger partial charge >= 0.3 is 0 Å². The molecule has 3 N–H and O–H groups in total. The Hall–Kier alpha value is -1.92. The molecule has 0 aliphatic rings. The molecule has 2 rings (SSSR count). The predicted octanol–water partition coefficient (Wildman–Crippen LogP) is 2.27. The number of benzene rings is 1. The van der Waals surface area contributed by atoms with Crippen molar-refractivity contribution in [1.29, 1.82) is 0 Å². The highest BCUT2D eigenvalue weighted by Crippen LogP contribution is 2.22. The number of sulfonamides is 1. The van der Waals surface area contributed by atoms with E-state index in [9.17, 15) is 8.42 Å². The lowest BCUT2D eigenvalue weighted by Crippen LogP contribution is -2.16. The highest BCUT2D eigenvalue weighted by Gasteiger charge is 2.18. The van der Waals surface area contributed by atoms with E-state index in [1.165, 1.54) is 0 Å². The number of anilines is 1. The van der Waals surface area contributed by atoms with Crippen LogP contribution in [0, 0.1) is 20.8 Å². The van der Waals surface area contributed by atoms with E-state index in [0.29, 0.717) is 23.5 Å². The lowest BCUT2D eigenvalue weighted by molar-refractivity contribution is 0.600. The van der Waals surface area contributed by atoms with Gasteiger partial charge in [0, 0.05) is 12.2 Å². The minimum atomic E-state index is -3.64. The molecule has 2 aromatic rings. The Labute approximate surface area is 125 Å². The van der Waals surface area contributed by atoms with Crippen LogP contribution in [0.15, 0.2) is 35.2 Å². The molecule has 0 fully saturated rings. The third-order valence-corrected chi connectivity index (χ3v) is 4.76. The maximum Gasteiger partial charge on any atom is 0.262 e. The summed E-state index contributed by atoms with van der Waals surface area (Å²) in [7, 11) is -3.64. The highest BCUT2D eigenvalue weighted by molar-refractivity contribution is 7.92. The van der Waals surface area contributed by atoms with Crippen molar-refractivity contribution in [1.82, 2.24) is 4.98 Å². The molecule has 0 saturated heterocycles. The van der Waals surface area contributed by atoms with E-state index in [4.69, 9.17) is 5.73 Å². The van der Waals surface area contributed by atoms with Crippen LogP contribution in [0.4, 0.5) is 5.69 Å². The fourth-order valence-corrected chi connectivity index (χ4v) is 3.48. The first kappa shape index (κ1) is 15.5. The van der Waals surface area contributed by atoms with Crippen molar-refractivity contribution in [2.24, 2.45) is 5.73 Å². The van der Waals surface area contributed by atoms with E-state index in [1.807, 2.05) is 6.92 Å². The van der Waals surface area contributed by atoms with Gasteiger partial charge in [0.25, 0.3) is 10.0 Å². The molecular formula is C15H19N3O2S. The summed E-state index contributed by atoms with van der Waals surface area (Å²) < 4.78 is 27.6. The predicted molar refractivity (Wildman–Crippen MR) is 83.6 cm³/mol. The van der Waals surface area contributed by atoms with Gasteiger partial charge in [0.15, 0.2) is 0 Å². The van der Waals surface area contributed by atoms with Crippen molar-refractivity contribution < 1.29 is 8.42 Å². The van der Waals surface area contributed by atoms with Gasteiger partial charge < -0.3 is 5.73 Å². The topological polar surface area (TPSA) is 85.1 Å². The molecule has 0 aliphatic carbocycles. The molecule has 0 aliphatic heterocycles. The van der Waals surface area contributed by atoms with E-state index in [-0.39, 0.29) is 4.90 Å². The second-order valence-corrected chi connectivity index (χ2v) is 6.65. The highest BCUT2D eigenvalue weighted by atomic mass is 32.2. The standard InChI is InChI=1S/C15H19N3O2S/c1-10-8-13(9-16)5-7-15(10)21(19,20)18-14-6-4-11(2)17-12(14)3/h4-8,18H,9,16H2,1-3H3. The molecule has 0 unspecified atom stereocenters. The molecule has 0 saturated carbocycles. The van der Waals surface area contributed by atoms with E-state index in [2.05, 4.69) is 9.71 Å². The summed E-state index contributed by atoms with van der Waals surface area (Å²) in [5.74, 6) is 0. The molecule has 1 aromatic carbocycles. The van der Waals surface area contributed by atoms with Gasteiger partial charge in [-0.15, -0.1) is 0 Å². The van der Waals surface area contributed by atoms with E-state index >= 15 is 0 Å². The Balaban J connectivity index is 2.38. The van der Waals surface area contributed by atoms with Gasteiger partial charge in [-0.25, -0.2) is 8.42 Å². The fraction of sp³-hybridized carbons (Fsp3) is 0.267. The molecule has 6 heteroatoms. The molecule has 5 nitrogen and oxygen atoms in total. The summed E-state index contributed by atoms with van der Waals surface area (Å²) in [6.07, 6.45) is 0. The summed E-state index contributed by atoms with van der Waals surface area (Å²) in [5.41, 5.74) is 9.12. The molecule has 0 amide bonds. The minimum Gasteiger partial charge on any atom is -0.326 e. The quantitative estimate of drug-likeness (QED) is 0.907. The minimum absolute atomic E-state index is 0.250. The second kappa shape index (κ2) is 5.83. The Morgan fingerprint density at radius 1 is 1.14 bits per heavy atom. The number of nitrogens with one attached hydrogen (secondary N) is 1. The van der Waals surface area contributed by atoms with Crippen LogP contribution in [-0.2, 0) is 16.6 Å². The van der Waals surface area contributed by atoms with Gasteiger partial charge in [-0.05, 0) is 50.1 Å². The van der Waals surface area contributed by atoms with Gasteiger partial charge in [-0.1, -0.05) is 12.1 Å². The van der Waals surface area contributed by atoms with Crippen molar-refractivity contribution in [3.8, 4) is 0 Å². The van der Waals surface area contributed by atoms with Gasteiger partial charge in [-0.2, -0.15) is 0 Å². The zero-order chi connectivity index (χ0) is 15.6. The van der Waals surface area contributed by atoms with Gasteiger partial charge in [0.05, 0.1) is 16.3 Å². The molecule has 0 atom stereocenters. The number of hydrogen-bond donors (Lipinski definition) is 2. The zero-order valence-corrected chi connectivity index (χ0v) is 13.2. The Kier molecular flexibility index (Phi) is 4.29. The zero-order valence-electron chi connectivity index (χ0n) is 12.3. The van der Waals surface area contributed by atoms with Crippen LogP contribution < -0.4 is 10.5 Å². The van der Waals surface area contributed by atoms with Gasteiger partial charge in [0.2, 0.25) is 0 Å². The summed E-state index contributed by atoms with van der Waals surface area (Å²) in [5, 5.41) is 0. The molecule has 0 spiro atoms. The summed E-state index contributed by atoms with van der Waals surface area (Å²) in [6.45, 7) is 5.78. The molecule has 0 bridgehead atoms. The SMILES string of the molecule is Cc1ccc(NS(=O)(=O)c2ccc(CN)cc2C)c(C)n1. The lowest BCUT2D eigenvalue weighted by atomic mass is 10.1. The summed E-state index contributed by atoms with van der Waals surface area (Å²) in [6, 6.07) is 8.58. The van der Waals surface area contributed by atoms with Crippen LogP contribution in [0.3, 0.4) is 0 Å². The maximum atomic E-state index is 12.5. The summed E-state index contributed by atoms with van der Waals surface area (Å²) in [4.78, 5) is 4.51. The van der Waals surface area contributed by atoms with Crippen LogP contribution in [0.1, 0.15) is 22.5 Å². The first-order valence-electron chi connectivity index (χ1n) is 6.60. The number of aromatic nitrogens is 1. The van der Waals surface area contributed by atoms with Crippen molar-refractivity contribution in [2.45, 2.75) is 32.2 Å². The van der Waals surface area contributed by atoms with Gasteiger partial charge in [-0.3, -0.25) is 9.71 Å². The smallest absolute Gasteiger partial charge is 0.262 e. The van der Waals surface area contributed by atoms with Crippen LogP contribution in [0.2, 0.25) is 0 Å². The summed E-state index contributed by atoms with van der Waals surface area (Å²) >= 11 is 0. The number of hydrogen-bond acceptors (Lipinski definition) is 4. The largest absolute Gasteiger partial charge is 0.326 e. The van der Waals surface area contributed by atoms with Crippen molar-refractivity contribution >= 4 is 15.7 Å². The number of rotatable bonds is 4. The Morgan fingerprint density at radius 3 is 2.43 bits per heavy atom. The third kappa shape index (κ3) is 3.40. The number of nitrogens with two attached hydrogens (primary N) is 1. The van der Waals surface area contributed by atoms with Crippen LogP contribution in [0.5, 0.6) is 0 Å². The van der Waals surface area contributed by atoms with Crippen LogP contribution >= 0.6 is 0 Å². The molecule has 112 valence electrons. The Bertz CT molecular complexity index is 770. The Morgan fingerprint density at radius 2 is 1.86 bits per heavy atom. The first-order chi connectivity index (χ1) is 9.83. The van der Waals surface area contributed by atoms with Crippen molar-refractivity contribution in [2.75, 3.05) is 4.72 Å². The normalized spacial score (nSPS) is 11.4. The molecule has 21 heavy (non-hydrogen) atoms. The van der Waals surface area contributed by atoms with E-state index in [0.717, 1.165) is 11.3 Å². The van der Waals surface area contributed by atoms with Crippen LogP contribution in [0.25, 0.3) is 0 Å². The lowest BCUT2D eigenvalue weighted by Gasteiger charge is -2.13. The molecule has 1 heterocycles. The number of pyridine rings is 1. The third-order valence-electron chi connectivity index (χ3n) is 3.23. The van der Waals surface area contributed by atoms with E-state index < -0.39 is 10.0 Å². The monoisotopic (exact) mass is 305 g/mol. The number of nitrogens with zero attached hydrogens (tertiary/aromatic N) is 1. The average molecular weight is 305 g/mol. The fourth-order valence-electron chi connectivity index (χ4n) is 2.13. The van der Waals surface area contributed by atoms with Gasteiger partial charge in [0.1, 0.15) is 0 Å². The number of aryl methyl sites for hydroxylation is 3. The average Bonchev–Trinajstić information content (AvgIpc) is 2.41. The van der Waals surface area contributed by atoms with E-state index in [1.54, 1.807) is 44.2 Å². The van der Waals surface area contributed by atoms with Crippen molar-refractivity contribution in [3.05, 3.63) is 52.8 Å². The molecule has 1 aromatic heterocycles. The molecule has 0 radical (unpaired) electrons. The van der Waals surface area contributed by atoms with Crippen molar-refractivity contribution in [3.63, 3.8) is 0 Å².